The molecule has 2 aromatic carbocycles. The summed E-state index contributed by atoms with van der Waals surface area (Å²) in [4.78, 5) is 0. The highest BCUT2D eigenvalue weighted by Gasteiger charge is 2.51. The summed E-state index contributed by atoms with van der Waals surface area (Å²) in [7, 11) is -1.05. The SMILES string of the molecule is COc1ccc(OC[C@@H]2C[C@H](O)[C@@H](C)[C@@H](COCc3ccccc3)O[Si](C(C)C)(C(C)C)O2)cc1. The molecule has 1 aliphatic heterocycles. The van der Waals surface area contributed by atoms with Crippen molar-refractivity contribution in [1.82, 2.24) is 0 Å². The smallest absolute Gasteiger partial charge is 0.344 e. The minimum absolute atomic E-state index is 0.0949. The topological polar surface area (TPSA) is 66.4 Å². The number of aliphatic hydroxyl groups excluding tert-OH is 1. The third kappa shape index (κ3) is 7.30. The zero-order valence-corrected chi connectivity index (χ0v) is 23.0. The molecule has 7 heteroatoms. The standard InChI is InChI=1S/C28H42O6Si/c1-20(2)35(21(3)4)33-26(18-32-25-14-12-24(30-6)13-15-25)16-27(29)22(5)28(34-35)19-31-17-23-10-8-7-9-11-23/h7-15,20-22,26-29H,16-19H2,1-6H3/t22-,26+,27+,28-/m1/s1. The van der Waals surface area contributed by atoms with Crippen LogP contribution in [0, 0.1) is 5.92 Å². The van der Waals surface area contributed by atoms with E-state index in [0.717, 1.165) is 17.1 Å². The monoisotopic (exact) mass is 502 g/mol. The number of ether oxygens (including phenoxy) is 3. The largest absolute Gasteiger partial charge is 0.497 e. The van der Waals surface area contributed by atoms with E-state index in [1.54, 1.807) is 7.11 Å². The molecule has 1 aliphatic rings. The first-order valence-electron chi connectivity index (χ1n) is 12.7. The quantitative estimate of drug-likeness (QED) is 0.419. The van der Waals surface area contributed by atoms with Crippen LogP contribution in [-0.4, -0.2) is 52.3 Å². The molecule has 0 aromatic heterocycles. The van der Waals surface area contributed by atoms with E-state index in [-0.39, 0.29) is 29.2 Å². The van der Waals surface area contributed by atoms with Crippen LogP contribution in [0.2, 0.25) is 11.1 Å². The van der Waals surface area contributed by atoms with Crippen LogP contribution in [0.15, 0.2) is 54.6 Å². The van der Waals surface area contributed by atoms with Crippen LogP contribution in [0.25, 0.3) is 0 Å². The average molecular weight is 503 g/mol. The van der Waals surface area contributed by atoms with Gasteiger partial charge in [0.05, 0.1) is 38.6 Å². The number of rotatable bonds is 10. The van der Waals surface area contributed by atoms with Crippen LogP contribution < -0.4 is 9.47 Å². The highest BCUT2D eigenvalue weighted by atomic mass is 28.4. The number of hydrogen-bond donors (Lipinski definition) is 1. The van der Waals surface area contributed by atoms with Gasteiger partial charge in [-0.25, -0.2) is 0 Å². The van der Waals surface area contributed by atoms with Crippen LogP contribution >= 0.6 is 0 Å². The van der Waals surface area contributed by atoms with Gasteiger partial charge >= 0.3 is 8.56 Å². The van der Waals surface area contributed by atoms with Gasteiger partial charge in [0.1, 0.15) is 18.1 Å². The van der Waals surface area contributed by atoms with Crippen LogP contribution in [0.4, 0.5) is 0 Å². The number of methoxy groups -OCH3 is 1. The summed E-state index contributed by atoms with van der Waals surface area (Å²) in [5, 5.41) is 11.1. The average Bonchev–Trinajstić information content (AvgIpc) is 2.85. The maximum atomic E-state index is 11.1. The van der Waals surface area contributed by atoms with E-state index in [0.29, 0.717) is 26.2 Å². The lowest BCUT2D eigenvalue weighted by Crippen LogP contribution is -2.58. The Labute approximate surface area is 211 Å². The summed E-state index contributed by atoms with van der Waals surface area (Å²) < 4.78 is 31.1. The highest BCUT2D eigenvalue weighted by Crippen LogP contribution is 2.40. The molecule has 1 fully saturated rings. The Morgan fingerprint density at radius 2 is 1.54 bits per heavy atom. The second kappa shape index (κ2) is 12.9. The van der Waals surface area contributed by atoms with Gasteiger partial charge in [0.2, 0.25) is 0 Å². The van der Waals surface area contributed by atoms with Gasteiger partial charge in [-0.1, -0.05) is 65.0 Å². The molecule has 1 saturated heterocycles. The highest BCUT2D eigenvalue weighted by molar-refractivity contribution is 6.70. The first-order valence-corrected chi connectivity index (χ1v) is 14.6. The Morgan fingerprint density at radius 1 is 0.914 bits per heavy atom. The summed E-state index contributed by atoms with van der Waals surface area (Å²) >= 11 is 0. The minimum Gasteiger partial charge on any atom is -0.497 e. The molecule has 1 heterocycles. The molecule has 4 atom stereocenters. The molecule has 2 aromatic rings. The summed E-state index contributed by atoms with van der Waals surface area (Å²) in [6.45, 7) is 12.0. The summed E-state index contributed by atoms with van der Waals surface area (Å²) in [6.07, 6.45) is -0.605. The predicted molar refractivity (Wildman–Crippen MR) is 140 cm³/mol. The lowest BCUT2D eigenvalue weighted by Gasteiger charge is -2.46. The molecule has 0 saturated carbocycles. The van der Waals surface area contributed by atoms with E-state index in [1.807, 2.05) is 49.4 Å². The molecule has 1 N–H and O–H groups in total. The number of benzene rings is 2. The van der Waals surface area contributed by atoms with Crippen molar-refractivity contribution >= 4 is 8.56 Å². The van der Waals surface area contributed by atoms with Crippen molar-refractivity contribution in [3.05, 3.63) is 60.2 Å². The molecule has 0 bridgehead atoms. The fraction of sp³-hybridized carbons (Fsp3) is 0.571. The first kappa shape index (κ1) is 27.7. The van der Waals surface area contributed by atoms with Crippen LogP contribution in [-0.2, 0) is 20.2 Å². The zero-order valence-electron chi connectivity index (χ0n) is 22.0. The molecule has 0 radical (unpaired) electrons. The summed E-state index contributed by atoms with van der Waals surface area (Å²) in [6, 6.07) is 17.6. The van der Waals surface area contributed by atoms with Gasteiger partial charge in [-0.2, -0.15) is 0 Å². The molecular weight excluding hydrogens is 460 g/mol. The Kier molecular flexibility index (Phi) is 10.2. The van der Waals surface area contributed by atoms with E-state index in [4.69, 9.17) is 23.1 Å². The molecule has 0 amide bonds. The first-order chi connectivity index (χ1) is 16.7. The van der Waals surface area contributed by atoms with E-state index in [1.165, 1.54) is 0 Å². The van der Waals surface area contributed by atoms with Crippen LogP contribution in [0.5, 0.6) is 11.5 Å². The van der Waals surface area contributed by atoms with E-state index in [2.05, 4.69) is 39.8 Å². The van der Waals surface area contributed by atoms with Gasteiger partial charge < -0.3 is 28.2 Å². The Hall–Kier alpha value is -1.90. The Bertz CT molecular complexity index is 865. The zero-order chi connectivity index (χ0) is 25.4. The second-order valence-electron chi connectivity index (χ2n) is 10.1. The molecule has 0 unspecified atom stereocenters. The van der Waals surface area contributed by atoms with Crippen LogP contribution in [0.3, 0.4) is 0 Å². The van der Waals surface area contributed by atoms with Gasteiger partial charge in [0, 0.05) is 12.3 Å². The van der Waals surface area contributed by atoms with Gasteiger partial charge in [-0.05, 0) is 40.9 Å². The van der Waals surface area contributed by atoms with E-state index < -0.39 is 14.7 Å². The molecule has 35 heavy (non-hydrogen) atoms. The Balaban J connectivity index is 1.73. The van der Waals surface area contributed by atoms with Gasteiger partial charge in [0.25, 0.3) is 0 Å². The van der Waals surface area contributed by atoms with Crippen molar-refractivity contribution in [3.8, 4) is 11.5 Å². The van der Waals surface area contributed by atoms with Crippen molar-refractivity contribution < 1.29 is 28.2 Å². The fourth-order valence-electron chi connectivity index (χ4n) is 4.64. The minimum atomic E-state index is -2.69. The maximum absolute atomic E-state index is 11.1. The Morgan fingerprint density at radius 3 is 2.14 bits per heavy atom. The van der Waals surface area contributed by atoms with Crippen molar-refractivity contribution in [3.63, 3.8) is 0 Å². The maximum Gasteiger partial charge on any atom is 0.344 e. The van der Waals surface area contributed by atoms with Crippen molar-refractivity contribution in [2.75, 3.05) is 20.3 Å². The summed E-state index contributed by atoms with van der Waals surface area (Å²) in [5.41, 5.74) is 1.57. The predicted octanol–water partition coefficient (Wildman–Crippen LogP) is 5.72. The lowest BCUT2D eigenvalue weighted by atomic mass is 9.94. The van der Waals surface area contributed by atoms with E-state index >= 15 is 0 Å². The third-order valence-electron chi connectivity index (χ3n) is 6.88. The van der Waals surface area contributed by atoms with Gasteiger partial charge in [0.15, 0.2) is 0 Å². The lowest BCUT2D eigenvalue weighted by molar-refractivity contribution is -0.0836. The van der Waals surface area contributed by atoms with Crippen molar-refractivity contribution in [2.24, 2.45) is 5.92 Å². The fourth-order valence-corrected chi connectivity index (χ4v) is 8.56. The third-order valence-corrected chi connectivity index (χ3v) is 11.5. The number of aliphatic hydroxyl groups is 1. The molecule has 0 aliphatic carbocycles. The molecule has 6 nitrogen and oxygen atoms in total. The summed E-state index contributed by atoms with van der Waals surface area (Å²) in [5.74, 6) is 1.43. The second-order valence-corrected chi connectivity index (χ2v) is 14.3. The number of hydrogen-bond acceptors (Lipinski definition) is 6. The molecule has 194 valence electrons. The van der Waals surface area contributed by atoms with Crippen molar-refractivity contribution in [2.45, 2.75) is 77.0 Å². The molecule has 0 spiro atoms. The molecule has 3 rings (SSSR count). The van der Waals surface area contributed by atoms with Crippen molar-refractivity contribution in [1.29, 1.82) is 0 Å². The van der Waals surface area contributed by atoms with Gasteiger partial charge in [-0.3, -0.25) is 0 Å². The van der Waals surface area contributed by atoms with E-state index in [9.17, 15) is 5.11 Å². The normalized spacial score (nSPS) is 24.7. The molecular formula is C28H42O6Si. The van der Waals surface area contributed by atoms with Gasteiger partial charge in [-0.15, -0.1) is 0 Å². The van der Waals surface area contributed by atoms with Crippen LogP contribution in [0.1, 0.15) is 46.6 Å².